The van der Waals surface area contributed by atoms with E-state index in [-0.39, 0.29) is 29.4 Å². The molecule has 0 atom stereocenters. The van der Waals surface area contributed by atoms with Gasteiger partial charge in [0.1, 0.15) is 0 Å². The molecule has 2 N–H and O–H groups in total. The van der Waals surface area contributed by atoms with Gasteiger partial charge in [-0.15, -0.1) is 24.0 Å². The molecule has 29 heavy (non-hydrogen) atoms. The van der Waals surface area contributed by atoms with Crippen LogP contribution in [0, 0.1) is 6.92 Å². The highest BCUT2D eigenvalue weighted by Crippen LogP contribution is 2.43. The van der Waals surface area contributed by atoms with Gasteiger partial charge in [0, 0.05) is 31.8 Å². The summed E-state index contributed by atoms with van der Waals surface area (Å²) in [5.74, 6) is 0.757. The fourth-order valence-electron chi connectivity index (χ4n) is 3.86. The van der Waals surface area contributed by atoms with Crippen LogP contribution < -0.4 is 10.6 Å². The zero-order chi connectivity index (χ0) is 20.2. The normalized spacial score (nSPS) is 15.8. The van der Waals surface area contributed by atoms with Gasteiger partial charge < -0.3 is 10.6 Å². The summed E-state index contributed by atoms with van der Waals surface area (Å²) in [5, 5.41) is 6.81. The number of sulfone groups is 1. The third-order valence-electron chi connectivity index (χ3n) is 5.61. The van der Waals surface area contributed by atoms with Crippen LogP contribution in [0.1, 0.15) is 36.0 Å². The molecule has 0 bridgehead atoms. The minimum Gasteiger partial charge on any atom is -0.356 e. The maximum absolute atomic E-state index is 11.8. The summed E-state index contributed by atoms with van der Waals surface area (Å²) in [6, 6.07) is 16.1. The van der Waals surface area contributed by atoms with Crippen molar-refractivity contribution < 1.29 is 8.42 Å². The van der Waals surface area contributed by atoms with E-state index in [2.05, 4.69) is 46.0 Å². The molecule has 7 heteroatoms. The zero-order valence-electron chi connectivity index (χ0n) is 17.2. The molecular formula is C22H30IN3O2S. The number of aliphatic imine (C=N–C) groups is 1. The first-order chi connectivity index (χ1) is 13.3. The van der Waals surface area contributed by atoms with E-state index in [1.165, 1.54) is 31.1 Å². The van der Waals surface area contributed by atoms with Crippen LogP contribution in [0.5, 0.6) is 0 Å². The third-order valence-corrected chi connectivity index (χ3v) is 6.87. The van der Waals surface area contributed by atoms with E-state index < -0.39 is 9.84 Å². The first-order valence-corrected chi connectivity index (χ1v) is 11.5. The average Bonchev–Trinajstić information content (AvgIpc) is 2.63. The number of hydrogen-bond donors (Lipinski definition) is 2. The highest BCUT2D eigenvalue weighted by atomic mass is 127. The highest BCUT2D eigenvalue weighted by molar-refractivity contribution is 14.0. The monoisotopic (exact) mass is 527 g/mol. The lowest BCUT2D eigenvalue weighted by molar-refractivity contribution is 0.244. The first-order valence-electron chi connectivity index (χ1n) is 9.64. The summed E-state index contributed by atoms with van der Waals surface area (Å²) >= 11 is 0. The fraction of sp³-hybridized carbons (Fsp3) is 0.409. The molecule has 0 saturated heterocycles. The van der Waals surface area contributed by atoms with Gasteiger partial charge >= 0.3 is 0 Å². The van der Waals surface area contributed by atoms with E-state index in [4.69, 9.17) is 0 Å². The summed E-state index contributed by atoms with van der Waals surface area (Å²) in [6.45, 7) is 3.26. The number of nitrogens with zero attached hydrogens (tertiary/aromatic N) is 1. The zero-order valence-corrected chi connectivity index (χ0v) is 20.4. The van der Waals surface area contributed by atoms with Gasteiger partial charge in [-0.25, -0.2) is 8.42 Å². The van der Waals surface area contributed by atoms with Crippen LogP contribution in [0.3, 0.4) is 0 Å². The second kappa shape index (κ2) is 9.93. The number of rotatable bonds is 6. The quantitative estimate of drug-likeness (QED) is 0.341. The Kier molecular flexibility index (Phi) is 8.10. The van der Waals surface area contributed by atoms with Crippen molar-refractivity contribution in [1.29, 1.82) is 0 Å². The van der Waals surface area contributed by atoms with Crippen LogP contribution in [0.25, 0.3) is 0 Å². The van der Waals surface area contributed by atoms with Crippen molar-refractivity contribution in [1.82, 2.24) is 10.6 Å². The topological polar surface area (TPSA) is 70.6 Å². The minimum atomic E-state index is -3.19. The molecule has 0 aromatic heterocycles. The van der Waals surface area contributed by atoms with E-state index in [0.29, 0.717) is 11.4 Å². The molecule has 0 aliphatic heterocycles. The molecule has 1 fully saturated rings. The van der Waals surface area contributed by atoms with E-state index >= 15 is 0 Å². The number of halogens is 1. The molecule has 0 amide bonds. The smallest absolute Gasteiger partial charge is 0.191 e. The van der Waals surface area contributed by atoms with Gasteiger partial charge in [-0.3, -0.25) is 4.99 Å². The minimum absolute atomic E-state index is 0. The first kappa shape index (κ1) is 23.7. The third kappa shape index (κ3) is 5.72. The molecule has 2 aromatic rings. The van der Waals surface area contributed by atoms with Gasteiger partial charge in [-0.05, 0) is 42.5 Å². The van der Waals surface area contributed by atoms with Crippen molar-refractivity contribution >= 4 is 39.8 Å². The predicted octanol–water partition coefficient (Wildman–Crippen LogP) is 3.80. The van der Waals surface area contributed by atoms with Gasteiger partial charge in [-0.1, -0.05) is 48.9 Å². The lowest BCUT2D eigenvalue weighted by Crippen LogP contribution is -2.48. The van der Waals surface area contributed by atoms with Crippen molar-refractivity contribution in [3.8, 4) is 0 Å². The molecule has 2 aromatic carbocycles. The van der Waals surface area contributed by atoms with Crippen molar-refractivity contribution in [2.24, 2.45) is 4.99 Å². The van der Waals surface area contributed by atoms with Crippen LogP contribution in [0.15, 0.2) is 58.4 Å². The van der Waals surface area contributed by atoms with Crippen LogP contribution in [0.4, 0.5) is 0 Å². The summed E-state index contributed by atoms with van der Waals surface area (Å²) in [6.07, 6.45) is 4.87. The van der Waals surface area contributed by atoms with Crippen LogP contribution in [0.2, 0.25) is 0 Å². The highest BCUT2D eigenvalue weighted by Gasteiger charge is 2.38. The lowest BCUT2D eigenvalue weighted by atomic mass is 9.64. The molecular weight excluding hydrogens is 497 g/mol. The fourth-order valence-corrected chi connectivity index (χ4v) is 4.82. The van der Waals surface area contributed by atoms with E-state index in [1.807, 2.05) is 19.1 Å². The summed E-state index contributed by atoms with van der Waals surface area (Å²) < 4.78 is 23.5. The Balaban J connectivity index is 0.00000300. The molecule has 1 aliphatic rings. The SMILES string of the molecule is CN=C(NCc1ccc(S(C)(=O)=O)c(C)c1)NCC1(c2ccccc2)CCC1.I. The molecule has 158 valence electrons. The van der Waals surface area contributed by atoms with Gasteiger partial charge in [0.05, 0.1) is 4.90 Å². The van der Waals surface area contributed by atoms with Gasteiger partial charge in [0.25, 0.3) is 0 Å². The van der Waals surface area contributed by atoms with Crippen molar-refractivity contribution in [3.05, 3.63) is 65.2 Å². The van der Waals surface area contributed by atoms with Gasteiger partial charge in [0.15, 0.2) is 15.8 Å². The standard InChI is InChI=1S/C22H29N3O2S.HI/c1-17-14-18(10-11-20(17)28(3,26)27)15-24-21(23-2)25-16-22(12-7-13-22)19-8-5-4-6-9-19;/h4-6,8-11,14H,7,12-13,15-16H2,1-3H3,(H2,23,24,25);1H. The summed E-state index contributed by atoms with van der Waals surface area (Å²) in [5.41, 5.74) is 3.36. The van der Waals surface area contributed by atoms with E-state index in [0.717, 1.165) is 23.6 Å². The molecule has 5 nitrogen and oxygen atoms in total. The molecule has 0 unspecified atom stereocenters. The van der Waals surface area contributed by atoms with E-state index in [1.54, 1.807) is 13.1 Å². The lowest BCUT2D eigenvalue weighted by Gasteiger charge is -2.43. The van der Waals surface area contributed by atoms with Crippen molar-refractivity contribution in [2.75, 3.05) is 19.8 Å². The molecule has 0 heterocycles. The second-order valence-electron chi connectivity index (χ2n) is 7.65. The van der Waals surface area contributed by atoms with Crippen molar-refractivity contribution in [2.45, 2.75) is 43.0 Å². The number of nitrogens with one attached hydrogen (secondary N) is 2. The number of benzene rings is 2. The van der Waals surface area contributed by atoms with Crippen molar-refractivity contribution in [3.63, 3.8) is 0 Å². The molecule has 0 radical (unpaired) electrons. The second-order valence-corrected chi connectivity index (χ2v) is 9.64. The van der Waals surface area contributed by atoms with E-state index in [9.17, 15) is 8.42 Å². The summed E-state index contributed by atoms with van der Waals surface area (Å²) in [7, 11) is -1.42. The Bertz CT molecular complexity index is 955. The number of hydrogen-bond acceptors (Lipinski definition) is 3. The Hall–Kier alpha value is -1.61. The van der Waals surface area contributed by atoms with Gasteiger partial charge in [-0.2, -0.15) is 0 Å². The average molecular weight is 527 g/mol. The molecule has 1 saturated carbocycles. The largest absolute Gasteiger partial charge is 0.356 e. The Morgan fingerprint density at radius 1 is 1.10 bits per heavy atom. The number of aryl methyl sites for hydroxylation is 1. The Morgan fingerprint density at radius 3 is 2.31 bits per heavy atom. The molecule has 1 aliphatic carbocycles. The summed E-state index contributed by atoms with van der Waals surface area (Å²) in [4.78, 5) is 4.72. The number of guanidine groups is 1. The van der Waals surface area contributed by atoms with Crippen LogP contribution >= 0.6 is 24.0 Å². The maximum Gasteiger partial charge on any atom is 0.191 e. The predicted molar refractivity (Wildman–Crippen MR) is 130 cm³/mol. The Labute approximate surface area is 191 Å². The molecule has 0 spiro atoms. The maximum atomic E-state index is 11.8. The van der Waals surface area contributed by atoms with Gasteiger partial charge in [0.2, 0.25) is 0 Å². The van der Waals surface area contributed by atoms with Crippen LogP contribution in [-0.2, 0) is 21.8 Å². The Morgan fingerprint density at radius 2 is 1.79 bits per heavy atom. The van der Waals surface area contributed by atoms with Crippen LogP contribution in [-0.4, -0.2) is 34.2 Å². The molecule has 3 rings (SSSR count).